The first-order valence-electron chi connectivity index (χ1n) is 7.88. The smallest absolute Gasteiger partial charge is 0.430 e. The maximum absolute atomic E-state index is 13.2. The lowest BCUT2D eigenvalue weighted by Gasteiger charge is -2.23. The van der Waals surface area contributed by atoms with E-state index in [1.807, 2.05) is 12.1 Å². The lowest BCUT2D eigenvalue weighted by molar-refractivity contribution is -0.304. The topological polar surface area (TPSA) is 41.5 Å². The highest BCUT2D eigenvalue weighted by molar-refractivity contribution is 5.28. The van der Waals surface area contributed by atoms with Crippen LogP contribution in [0.1, 0.15) is 16.7 Å². The van der Waals surface area contributed by atoms with E-state index in [0.717, 1.165) is 23.3 Å². The fourth-order valence-electron chi connectivity index (χ4n) is 2.26. The zero-order valence-electron chi connectivity index (χ0n) is 13.9. The Bertz CT molecular complexity index is 733. The molecule has 2 aromatic rings. The van der Waals surface area contributed by atoms with Gasteiger partial charge < -0.3 is 15.2 Å². The van der Waals surface area contributed by atoms with E-state index in [-0.39, 0.29) is 6.61 Å². The van der Waals surface area contributed by atoms with Crippen molar-refractivity contribution in [1.29, 1.82) is 0 Å². The van der Waals surface area contributed by atoms with Crippen LogP contribution in [0.2, 0.25) is 0 Å². The molecule has 0 saturated heterocycles. The third-order valence-electron chi connectivity index (χ3n) is 3.59. The molecule has 1 unspecified atom stereocenters. The quantitative estimate of drug-likeness (QED) is 0.656. The highest BCUT2D eigenvalue weighted by atomic mass is 19.4. The van der Waals surface area contributed by atoms with Gasteiger partial charge in [-0.3, -0.25) is 0 Å². The van der Waals surface area contributed by atoms with E-state index in [0.29, 0.717) is 18.7 Å². The molecule has 27 heavy (non-hydrogen) atoms. The molecule has 2 rings (SSSR count). The summed E-state index contributed by atoms with van der Waals surface area (Å²) in [6.07, 6.45) is -15.2. The van der Waals surface area contributed by atoms with Crippen molar-refractivity contribution < 1.29 is 36.2 Å². The molecule has 2 aromatic carbocycles. The Balaban J connectivity index is 1.89. The molecule has 0 heterocycles. The van der Waals surface area contributed by atoms with E-state index in [9.17, 15) is 26.3 Å². The van der Waals surface area contributed by atoms with Gasteiger partial charge in [0.2, 0.25) is 0 Å². The number of hydrogen-bond acceptors (Lipinski definition) is 3. The minimum Gasteiger partial charge on any atom is -0.430 e. The lowest BCUT2D eigenvalue weighted by atomic mass is 10.1. The van der Waals surface area contributed by atoms with Crippen LogP contribution in [0.3, 0.4) is 0 Å². The third kappa shape index (κ3) is 6.14. The van der Waals surface area contributed by atoms with E-state index < -0.39 is 24.2 Å². The number of aliphatic hydroxyl groups excluding tert-OH is 1. The van der Waals surface area contributed by atoms with Crippen molar-refractivity contribution >= 4 is 0 Å². The molecular formula is C18H17F6NO2. The van der Waals surface area contributed by atoms with Crippen molar-refractivity contribution in [3.05, 3.63) is 65.2 Å². The van der Waals surface area contributed by atoms with E-state index in [4.69, 9.17) is 5.11 Å². The summed E-state index contributed by atoms with van der Waals surface area (Å²) in [6.45, 7) is 0.765. The highest BCUT2D eigenvalue weighted by Gasteiger charge is 2.59. The second-order valence-electron chi connectivity index (χ2n) is 5.79. The van der Waals surface area contributed by atoms with E-state index >= 15 is 0 Å². The largest absolute Gasteiger partial charge is 0.439 e. The molecule has 0 fully saturated rings. The van der Waals surface area contributed by atoms with Gasteiger partial charge in [0.1, 0.15) is 5.75 Å². The van der Waals surface area contributed by atoms with Crippen molar-refractivity contribution in [2.45, 2.75) is 38.2 Å². The van der Waals surface area contributed by atoms with Crippen molar-refractivity contribution in [3.8, 4) is 5.75 Å². The minimum absolute atomic E-state index is 0.0754. The van der Waals surface area contributed by atoms with E-state index in [1.165, 1.54) is 12.1 Å². The van der Waals surface area contributed by atoms with Crippen LogP contribution in [-0.2, 0) is 19.7 Å². The summed E-state index contributed by atoms with van der Waals surface area (Å²) in [4.78, 5) is 0. The second kappa shape index (κ2) is 8.62. The van der Waals surface area contributed by atoms with Crippen molar-refractivity contribution in [2.24, 2.45) is 0 Å². The van der Waals surface area contributed by atoms with Crippen LogP contribution in [0.25, 0.3) is 0 Å². The first-order chi connectivity index (χ1) is 12.6. The Morgan fingerprint density at radius 2 is 1.48 bits per heavy atom. The molecule has 148 valence electrons. The summed E-state index contributed by atoms with van der Waals surface area (Å²) in [5.74, 6) is -0.578. The molecule has 0 radical (unpaired) electrons. The van der Waals surface area contributed by atoms with Gasteiger partial charge in [-0.2, -0.15) is 22.0 Å². The van der Waals surface area contributed by atoms with Crippen molar-refractivity contribution in [3.63, 3.8) is 0 Å². The lowest BCUT2D eigenvalue weighted by Crippen LogP contribution is -2.45. The summed E-state index contributed by atoms with van der Waals surface area (Å²) in [6, 6.07) is 12.1. The van der Waals surface area contributed by atoms with Gasteiger partial charge in [-0.1, -0.05) is 36.4 Å². The van der Waals surface area contributed by atoms with Gasteiger partial charge >= 0.3 is 12.3 Å². The predicted molar refractivity (Wildman–Crippen MR) is 85.9 cm³/mol. The Hall–Kier alpha value is -2.26. The van der Waals surface area contributed by atoms with E-state index in [1.54, 1.807) is 12.1 Å². The van der Waals surface area contributed by atoms with Crippen molar-refractivity contribution in [2.75, 3.05) is 0 Å². The van der Waals surface area contributed by atoms with Crippen LogP contribution >= 0.6 is 0 Å². The molecule has 0 aliphatic carbocycles. The monoisotopic (exact) mass is 393 g/mol. The normalized spacial score (nSPS) is 13.4. The van der Waals surface area contributed by atoms with Gasteiger partial charge in [0.05, 0.1) is 6.61 Å². The van der Waals surface area contributed by atoms with Gasteiger partial charge in [-0.25, -0.2) is 4.39 Å². The molecule has 0 aliphatic rings. The maximum atomic E-state index is 13.2. The predicted octanol–water partition coefficient (Wildman–Crippen LogP) is 4.34. The first-order valence-corrected chi connectivity index (χ1v) is 7.88. The molecule has 0 aromatic heterocycles. The minimum atomic E-state index is -5.72. The van der Waals surface area contributed by atoms with Crippen LogP contribution in [0, 0.1) is 0 Å². The molecule has 3 nitrogen and oxygen atoms in total. The van der Waals surface area contributed by atoms with Crippen LogP contribution < -0.4 is 10.1 Å². The summed E-state index contributed by atoms with van der Waals surface area (Å²) in [7, 11) is 0. The van der Waals surface area contributed by atoms with Gasteiger partial charge in [0.15, 0.2) is 0 Å². The zero-order valence-corrected chi connectivity index (χ0v) is 13.9. The standard InChI is InChI=1S/C18H17F6NO2/c19-16(17(20,21)22)18(23,24)27-15-6-4-12(5-7-15)9-25-10-13-2-1-3-14(8-13)11-26/h1-8,16,25-26H,9-11H2. The molecule has 0 bridgehead atoms. The molecule has 1 atom stereocenters. The summed E-state index contributed by atoms with van der Waals surface area (Å²) >= 11 is 0. The number of benzene rings is 2. The van der Waals surface area contributed by atoms with E-state index in [2.05, 4.69) is 10.1 Å². The Labute approximate surface area is 151 Å². The van der Waals surface area contributed by atoms with Crippen LogP contribution in [-0.4, -0.2) is 23.6 Å². The van der Waals surface area contributed by atoms with Crippen molar-refractivity contribution in [1.82, 2.24) is 5.32 Å². The van der Waals surface area contributed by atoms with Gasteiger partial charge in [0, 0.05) is 13.1 Å². The molecule has 0 aliphatic heterocycles. The Morgan fingerprint density at radius 1 is 0.889 bits per heavy atom. The molecular weight excluding hydrogens is 376 g/mol. The molecule has 2 N–H and O–H groups in total. The van der Waals surface area contributed by atoms with Gasteiger partial charge in [0.25, 0.3) is 6.17 Å². The molecule has 0 saturated carbocycles. The number of hydrogen-bond donors (Lipinski definition) is 2. The number of rotatable bonds is 8. The second-order valence-corrected chi connectivity index (χ2v) is 5.79. The van der Waals surface area contributed by atoms with Gasteiger partial charge in [-0.05, 0) is 28.8 Å². The highest BCUT2D eigenvalue weighted by Crippen LogP contribution is 2.36. The van der Waals surface area contributed by atoms with Crippen LogP contribution in [0.15, 0.2) is 48.5 Å². The number of alkyl halides is 6. The van der Waals surface area contributed by atoms with Gasteiger partial charge in [-0.15, -0.1) is 0 Å². The first kappa shape index (κ1) is 21.0. The maximum Gasteiger partial charge on any atom is 0.439 e. The zero-order chi connectivity index (χ0) is 20.1. The average molecular weight is 393 g/mol. The molecule has 0 spiro atoms. The Kier molecular flexibility index (Phi) is 6.72. The number of aliphatic hydroxyl groups is 1. The average Bonchev–Trinajstić information content (AvgIpc) is 2.61. The summed E-state index contributed by atoms with van der Waals surface area (Å²) in [5, 5.41) is 12.2. The fourth-order valence-corrected chi connectivity index (χ4v) is 2.26. The molecule has 0 amide bonds. The third-order valence-corrected chi connectivity index (χ3v) is 3.59. The molecule has 9 heteroatoms. The number of nitrogens with one attached hydrogen (secondary N) is 1. The summed E-state index contributed by atoms with van der Waals surface area (Å²) < 4.78 is 79.3. The number of halogens is 6. The van der Waals surface area contributed by atoms with Crippen LogP contribution in [0.5, 0.6) is 5.75 Å². The Morgan fingerprint density at radius 3 is 2.07 bits per heavy atom. The number of ether oxygens (including phenoxy) is 1. The summed E-state index contributed by atoms with van der Waals surface area (Å²) in [5.41, 5.74) is 2.36. The SMILES string of the molecule is OCc1cccc(CNCc2ccc(OC(F)(F)C(F)C(F)(F)F)cc2)c1. The van der Waals surface area contributed by atoms with Crippen LogP contribution in [0.4, 0.5) is 26.3 Å². The fraction of sp³-hybridized carbons (Fsp3) is 0.333.